The first-order valence-corrected chi connectivity index (χ1v) is 26.7. The Labute approximate surface area is 400 Å². The summed E-state index contributed by atoms with van der Waals surface area (Å²) >= 11 is 0. The Morgan fingerprint density at radius 1 is 0.323 bits per heavy atom. The Morgan fingerprint density at radius 3 is 0.954 bits per heavy atom. The lowest BCUT2D eigenvalue weighted by Crippen LogP contribution is -2.30. The molecule has 0 aromatic rings. The molecule has 0 rings (SSSR count). The Bertz CT molecular complexity index is 1310. The zero-order chi connectivity index (χ0) is 47.2. The highest BCUT2D eigenvalue weighted by atomic mass is 16.6. The topological polar surface area (TPSA) is 78.9 Å². The highest BCUT2D eigenvalue weighted by molar-refractivity contribution is 5.71. The van der Waals surface area contributed by atoms with E-state index in [4.69, 9.17) is 14.2 Å². The van der Waals surface area contributed by atoms with Crippen molar-refractivity contribution in [1.82, 2.24) is 0 Å². The van der Waals surface area contributed by atoms with E-state index >= 15 is 0 Å². The third-order valence-electron chi connectivity index (χ3n) is 11.1. The van der Waals surface area contributed by atoms with Crippen LogP contribution in [0.5, 0.6) is 0 Å². The lowest BCUT2D eigenvalue weighted by molar-refractivity contribution is -0.167. The van der Waals surface area contributed by atoms with Crippen molar-refractivity contribution in [2.75, 3.05) is 13.2 Å². The van der Waals surface area contributed by atoms with E-state index < -0.39 is 6.10 Å². The molecule has 0 heterocycles. The molecule has 0 fully saturated rings. The quantitative estimate of drug-likeness (QED) is 0.0262. The number of unbranched alkanes of at least 4 members (excludes halogenated alkanes) is 20. The first-order valence-electron chi connectivity index (χ1n) is 26.7. The van der Waals surface area contributed by atoms with Gasteiger partial charge in [0.25, 0.3) is 0 Å². The van der Waals surface area contributed by atoms with E-state index in [0.29, 0.717) is 19.3 Å². The van der Waals surface area contributed by atoms with Crippen LogP contribution < -0.4 is 0 Å². The van der Waals surface area contributed by atoms with Gasteiger partial charge in [0.1, 0.15) is 13.2 Å². The molecule has 0 saturated heterocycles. The van der Waals surface area contributed by atoms with E-state index in [-0.39, 0.29) is 31.1 Å². The summed E-state index contributed by atoms with van der Waals surface area (Å²) in [5, 5.41) is 0. The zero-order valence-corrected chi connectivity index (χ0v) is 42.2. The number of rotatable bonds is 47. The molecule has 1 atom stereocenters. The van der Waals surface area contributed by atoms with Crippen molar-refractivity contribution in [3.05, 3.63) is 97.2 Å². The average molecular weight is 903 g/mol. The largest absolute Gasteiger partial charge is 0.462 e. The van der Waals surface area contributed by atoms with Crippen molar-refractivity contribution in [2.24, 2.45) is 0 Å². The minimum atomic E-state index is -0.792. The Morgan fingerprint density at radius 2 is 0.600 bits per heavy atom. The van der Waals surface area contributed by atoms with E-state index in [0.717, 1.165) is 122 Å². The van der Waals surface area contributed by atoms with Gasteiger partial charge < -0.3 is 14.2 Å². The van der Waals surface area contributed by atoms with Gasteiger partial charge in [-0.15, -0.1) is 0 Å². The smallest absolute Gasteiger partial charge is 0.306 e. The molecule has 0 saturated carbocycles. The fraction of sp³-hybridized carbons (Fsp3) is 0.678. The summed E-state index contributed by atoms with van der Waals surface area (Å²) in [6.45, 7) is 6.36. The van der Waals surface area contributed by atoms with Crippen LogP contribution >= 0.6 is 0 Å². The van der Waals surface area contributed by atoms with Gasteiger partial charge in [-0.05, 0) is 96.3 Å². The molecule has 0 amide bonds. The van der Waals surface area contributed by atoms with E-state index in [9.17, 15) is 14.4 Å². The van der Waals surface area contributed by atoms with Crippen LogP contribution in [-0.4, -0.2) is 37.2 Å². The summed E-state index contributed by atoms with van der Waals surface area (Å²) < 4.78 is 16.8. The maximum Gasteiger partial charge on any atom is 0.306 e. The second-order valence-corrected chi connectivity index (χ2v) is 17.4. The second-order valence-electron chi connectivity index (χ2n) is 17.4. The van der Waals surface area contributed by atoms with Crippen molar-refractivity contribution in [1.29, 1.82) is 0 Å². The minimum absolute atomic E-state index is 0.0899. The van der Waals surface area contributed by atoms with Crippen molar-refractivity contribution in [3.8, 4) is 0 Å². The van der Waals surface area contributed by atoms with E-state index in [1.165, 1.54) is 77.0 Å². The van der Waals surface area contributed by atoms with E-state index in [2.05, 4.69) is 118 Å². The lowest BCUT2D eigenvalue weighted by atomic mass is 10.1. The molecule has 0 N–H and O–H groups in total. The molecule has 6 heteroatoms. The predicted octanol–water partition coefficient (Wildman–Crippen LogP) is 17.8. The van der Waals surface area contributed by atoms with E-state index in [1.54, 1.807) is 0 Å². The maximum absolute atomic E-state index is 12.8. The van der Waals surface area contributed by atoms with Crippen LogP contribution in [0.4, 0.5) is 0 Å². The number of carbonyl (C=O) groups is 3. The monoisotopic (exact) mass is 903 g/mol. The van der Waals surface area contributed by atoms with Crippen LogP contribution in [0.2, 0.25) is 0 Å². The molecule has 6 nitrogen and oxygen atoms in total. The van der Waals surface area contributed by atoms with Crippen molar-refractivity contribution in [3.63, 3.8) is 0 Å². The average Bonchev–Trinajstić information content (AvgIpc) is 3.30. The molecule has 0 aliphatic heterocycles. The van der Waals surface area contributed by atoms with Gasteiger partial charge in [0.05, 0.1) is 0 Å². The van der Waals surface area contributed by atoms with Crippen LogP contribution in [0.1, 0.15) is 239 Å². The first-order chi connectivity index (χ1) is 32.0. The fourth-order valence-corrected chi connectivity index (χ4v) is 7.13. The molecule has 0 aromatic heterocycles. The summed E-state index contributed by atoms with van der Waals surface area (Å²) in [5.74, 6) is -0.932. The number of allylic oxidation sites excluding steroid dienone is 16. The van der Waals surface area contributed by atoms with Crippen LogP contribution in [0.25, 0.3) is 0 Å². The molecule has 65 heavy (non-hydrogen) atoms. The first kappa shape index (κ1) is 61.3. The number of hydrogen-bond acceptors (Lipinski definition) is 6. The normalized spacial score (nSPS) is 12.8. The molecule has 0 radical (unpaired) electrons. The predicted molar refractivity (Wildman–Crippen MR) is 279 cm³/mol. The van der Waals surface area contributed by atoms with Crippen molar-refractivity contribution < 1.29 is 28.6 Å². The van der Waals surface area contributed by atoms with Gasteiger partial charge in [-0.3, -0.25) is 14.4 Å². The number of esters is 3. The standard InChI is InChI=1S/C59H98O6/c1-4-7-10-13-16-19-21-23-25-27-29-31-33-35-37-40-43-46-49-52-58(61)64-55-56(54-63-57(60)51-48-45-42-39-18-15-12-9-6-3)65-59(62)53-50-47-44-41-38-36-34-32-30-28-26-24-22-20-17-14-11-8-5-2/h7-8,10-11,16-17,19-20,23-26,29,31,35,37,56H,4-6,9,12-15,18,21-22,27-28,30,32-34,36,38-55H2,1-3H3/b10-7-,11-8-,19-16-,20-17-,25-23-,26-24-,31-29-,37-35-. The number of ether oxygens (including phenoxy) is 3. The van der Waals surface area contributed by atoms with Crippen LogP contribution in [0.15, 0.2) is 97.2 Å². The third-order valence-corrected chi connectivity index (χ3v) is 11.1. The Balaban J connectivity index is 4.38. The Kier molecular flexibility index (Phi) is 50.0. The van der Waals surface area contributed by atoms with Crippen LogP contribution in [0, 0.1) is 0 Å². The van der Waals surface area contributed by atoms with Gasteiger partial charge in [-0.2, -0.15) is 0 Å². The van der Waals surface area contributed by atoms with Gasteiger partial charge in [-0.25, -0.2) is 0 Å². The van der Waals surface area contributed by atoms with Gasteiger partial charge >= 0.3 is 17.9 Å². The second kappa shape index (κ2) is 52.9. The summed E-state index contributed by atoms with van der Waals surface area (Å²) in [7, 11) is 0. The molecule has 0 bridgehead atoms. The van der Waals surface area contributed by atoms with Crippen LogP contribution in [0.3, 0.4) is 0 Å². The molecule has 370 valence electrons. The fourth-order valence-electron chi connectivity index (χ4n) is 7.13. The molecule has 0 spiro atoms. The van der Waals surface area contributed by atoms with Gasteiger partial charge in [0, 0.05) is 19.3 Å². The minimum Gasteiger partial charge on any atom is -0.462 e. The highest BCUT2D eigenvalue weighted by Crippen LogP contribution is 2.14. The number of carbonyl (C=O) groups excluding carboxylic acids is 3. The highest BCUT2D eigenvalue weighted by Gasteiger charge is 2.19. The van der Waals surface area contributed by atoms with Crippen LogP contribution in [-0.2, 0) is 28.6 Å². The lowest BCUT2D eigenvalue weighted by Gasteiger charge is -2.18. The molecule has 0 aliphatic carbocycles. The third kappa shape index (κ3) is 51.2. The van der Waals surface area contributed by atoms with Gasteiger partial charge in [-0.1, -0.05) is 221 Å². The Hall–Kier alpha value is -3.67. The maximum atomic E-state index is 12.8. The summed E-state index contributed by atoms with van der Waals surface area (Å²) in [6, 6.07) is 0. The number of hydrogen-bond donors (Lipinski definition) is 0. The summed E-state index contributed by atoms with van der Waals surface area (Å²) in [6.07, 6.45) is 69.7. The SMILES string of the molecule is CC/C=C\C/C=C\C/C=C\C/C=C\C/C=C\CCCCCC(=O)OCC(COC(=O)CCCCCCCCCCC)OC(=O)CCCCCCCCCCC/C=C\C/C=C\C/C=C\CC. The van der Waals surface area contributed by atoms with Crippen molar-refractivity contribution in [2.45, 2.75) is 245 Å². The van der Waals surface area contributed by atoms with Gasteiger partial charge in [0.15, 0.2) is 6.10 Å². The molecular weight excluding hydrogens is 805 g/mol. The summed E-state index contributed by atoms with van der Waals surface area (Å²) in [4.78, 5) is 38.0. The molecule has 0 aromatic carbocycles. The zero-order valence-electron chi connectivity index (χ0n) is 42.2. The molecule has 1 unspecified atom stereocenters. The van der Waals surface area contributed by atoms with Crippen molar-refractivity contribution >= 4 is 17.9 Å². The van der Waals surface area contributed by atoms with Gasteiger partial charge in [0.2, 0.25) is 0 Å². The molecular formula is C59H98O6. The molecule has 0 aliphatic rings. The van der Waals surface area contributed by atoms with E-state index in [1.807, 2.05) is 0 Å². The summed E-state index contributed by atoms with van der Waals surface area (Å²) in [5.41, 5.74) is 0.